The fourth-order valence-corrected chi connectivity index (χ4v) is 2.59. The number of hydrogen-bond acceptors (Lipinski definition) is 5. The van der Waals surface area contributed by atoms with E-state index in [1.807, 2.05) is 0 Å². The van der Waals surface area contributed by atoms with Crippen LogP contribution < -0.4 is 10.1 Å². The smallest absolute Gasteiger partial charge is 0.308 e. The molecule has 2 N–H and O–H groups in total. The Kier molecular flexibility index (Phi) is 6.24. The van der Waals surface area contributed by atoms with Crippen molar-refractivity contribution in [2.24, 2.45) is 0 Å². The lowest BCUT2D eigenvalue weighted by molar-refractivity contribution is -0.131. The number of halogens is 2. The zero-order chi connectivity index (χ0) is 20.2. The number of nitrogens with one attached hydrogen (secondary N) is 1. The number of carbonyl (C=O) groups excluding carboxylic acids is 2. The summed E-state index contributed by atoms with van der Waals surface area (Å²) in [7, 11) is -4.28. The Hall–Kier alpha value is -2.85. The predicted molar refractivity (Wildman–Crippen MR) is 91.9 cm³/mol. The molecule has 2 aromatic rings. The third kappa shape index (κ3) is 5.83. The van der Waals surface area contributed by atoms with Gasteiger partial charge in [0.1, 0.15) is 17.4 Å². The summed E-state index contributed by atoms with van der Waals surface area (Å²) in [4.78, 5) is 23.5. The molecule has 0 saturated carbocycles. The first-order valence-electron chi connectivity index (χ1n) is 7.58. The van der Waals surface area contributed by atoms with E-state index in [2.05, 4.69) is 5.32 Å². The van der Waals surface area contributed by atoms with Crippen LogP contribution >= 0.6 is 0 Å². The Balaban J connectivity index is 2.39. The molecule has 0 aromatic heterocycles. The number of benzene rings is 2. The first-order valence-corrected chi connectivity index (χ1v) is 9.19. The van der Waals surface area contributed by atoms with Crippen LogP contribution in [0.3, 0.4) is 0 Å². The molecule has 0 atom stereocenters. The van der Waals surface area contributed by atoms with E-state index < -0.39 is 45.9 Å². The maximum absolute atomic E-state index is 14.0. The fourth-order valence-electron chi connectivity index (χ4n) is 2.23. The maximum Gasteiger partial charge on any atom is 0.308 e. The third-order valence-corrected chi connectivity index (χ3v) is 4.09. The van der Waals surface area contributed by atoms with Gasteiger partial charge in [0.2, 0.25) is 0 Å². The van der Waals surface area contributed by atoms with E-state index in [0.29, 0.717) is 6.07 Å². The van der Waals surface area contributed by atoms with E-state index in [-0.39, 0.29) is 22.4 Å². The van der Waals surface area contributed by atoms with Crippen LogP contribution in [0.15, 0.2) is 36.4 Å². The summed E-state index contributed by atoms with van der Waals surface area (Å²) < 4.78 is 62.2. The van der Waals surface area contributed by atoms with Crippen molar-refractivity contribution in [3.8, 4) is 16.9 Å². The first kappa shape index (κ1) is 20.5. The van der Waals surface area contributed by atoms with Crippen LogP contribution in [0.4, 0.5) is 8.78 Å². The molecule has 0 fully saturated rings. The minimum absolute atomic E-state index is 0.0118. The molecule has 144 valence electrons. The molecule has 2 rings (SSSR count). The second-order valence-corrected chi connectivity index (χ2v) is 7.04. The minimum atomic E-state index is -4.28. The highest BCUT2D eigenvalue weighted by molar-refractivity contribution is 7.85. The molecule has 27 heavy (non-hydrogen) atoms. The van der Waals surface area contributed by atoms with Crippen LogP contribution in [0, 0.1) is 11.6 Å². The second kappa shape index (κ2) is 8.23. The van der Waals surface area contributed by atoms with Crippen molar-refractivity contribution in [2.45, 2.75) is 6.92 Å². The molecule has 2 aromatic carbocycles. The van der Waals surface area contributed by atoms with Crippen molar-refractivity contribution in [3.63, 3.8) is 0 Å². The summed E-state index contributed by atoms with van der Waals surface area (Å²) >= 11 is 0. The van der Waals surface area contributed by atoms with Crippen molar-refractivity contribution < 1.29 is 36.1 Å². The number of ether oxygens (including phenoxy) is 1. The topological polar surface area (TPSA) is 110 Å². The number of carbonyl (C=O) groups is 2. The number of amides is 1. The molecule has 0 saturated heterocycles. The molecule has 0 radical (unpaired) electrons. The van der Waals surface area contributed by atoms with E-state index >= 15 is 0 Å². The molecular weight excluding hydrogens is 384 g/mol. The lowest BCUT2D eigenvalue weighted by atomic mass is 10.0. The Labute approximate surface area is 153 Å². The van der Waals surface area contributed by atoms with Crippen LogP contribution in [0.1, 0.15) is 17.3 Å². The highest BCUT2D eigenvalue weighted by Gasteiger charge is 2.17. The molecule has 7 nitrogen and oxygen atoms in total. The Morgan fingerprint density at radius 3 is 2.44 bits per heavy atom. The van der Waals surface area contributed by atoms with Gasteiger partial charge in [0.15, 0.2) is 0 Å². The summed E-state index contributed by atoms with van der Waals surface area (Å²) in [6, 6.07) is 6.77. The fraction of sp³-hybridized carbons (Fsp3) is 0.176. The zero-order valence-corrected chi connectivity index (χ0v) is 14.8. The van der Waals surface area contributed by atoms with Crippen LogP contribution in [0.25, 0.3) is 11.1 Å². The van der Waals surface area contributed by atoms with E-state index in [9.17, 15) is 26.8 Å². The van der Waals surface area contributed by atoms with E-state index in [1.165, 1.54) is 24.3 Å². The van der Waals surface area contributed by atoms with Gasteiger partial charge >= 0.3 is 5.97 Å². The number of esters is 1. The maximum atomic E-state index is 14.0. The van der Waals surface area contributed by atoms with Crippen LogP contribution in [-0.2, 0) is 14.9 Å². The monoisotopic (exact) mass is 399 g/mol. The molecule has 0 unspecified atom stereocenters. The quantitative estimate of drug-likeness (QED) is 0.438. The largest absolute Gasteiger partial charge is 0.426 e. The summed E-state index contributed by atoms with van der Waals surface area (Å²) in [5, 5.41) is 2.25. The van der Waals surface area contributed by atoms with Gasteiger partial charge in [-0.3, -0.25) is 14.1 Å². The lowest BCUT2D eigenvalue weighted by Gasteiger charge is -2.12. The minimum Gasteiger partial charge on any atom is -0.426 e. The summed E-state index contributed by atoms with van der Waals surface area (Å²) in [5.41, 5.74) is 0.0582. The predicted octanol–water partition coefficient (Wildman–Crippen LogP) is 2.17. The Bertz CT molecular complexity index is 991. The number of hydrogen-bond donors (Lipinski definition) is 2. The van der Waals surface area contributed by atoms with Gasteiger partial charge in [-0.2, -0.15) is 8.42 Å². The van der Waals surface area contributed by atoms with Gasteiger partial charge in [-0.1, -0.05) is 6.07 Å². The molecule has 0 heterocycles. The van der Waals surface area contributed by atoms with E-state index in [0.717, 1.165) is 13.0 Å². The van der Waals surface area contributed by atoms with Crippen molar-refractivity contribution in [1.29, 1.82) is 0 Å². The molecule has 0 aliphatic carbocycles. The van der Waals surface area contributed by atoms with Gasteiger partial charge in [0.25, 0.3) is 16.0 Å². The Morgan fingerprint density at radius 1 is 1.15 bits per heavy atom. The number of rotatable bonds is 6. The normalized spacial score (nSPS) is 11.1. The highest BCUT2D eigenvalue weighted by atomic mass is 32.2. The van der Waals surface area contributed by atoms with E-state index in [4.69, 9.17) is 9.29 Å². The molecule has 0 bridgehead atoms. The van der Waals surface area contributed by atoms with Crippen molar-refractivity contribution >= 4 is 22.0 Å². The summed E-state index contributed by atoms with van der Waals surface area (Å²) in [6.07, 6.45) is 0. The molecule has 0 spiro atoms. The summed E-state index contributed by atoms with van der Waals surface area (Å²) in [6.45, 7) is 0.722. The molecule has 0 aliphatic rings. The van der Waals surface area contributed by atoms with Crippen molar-refractivity contribution in [2.75, 3.05) is 12.3 Å². The van der Waals surface area contributed by atoms with Crippen LogP contribution in [0.2, 0.25) is 0 Å². The van der Waals surface area contributed by atoms with Crippen LogP contribution in [0.5, 0.6) is 5.75 Å². The van der Waals surface area contributed by atoms with E-state index in [1.54, 1.807) is 0 Å². The average Bonchev–Trinajstić information content (AvgIpc) is 2.53. The lowest BCUT2D eigenvalue weighted by Crippen LogP contribution is -2.29. The van der Waals surface area contributed by atoms with Crippen molar-refractivity contribution in [1.82, 2.24) is 5.32 Å². The second-order valence-electron chi connectivity index (χ2n) is 5.47. The van der Waals surface area contributed by atoms with Crippen molar-refractivity contribution in [3.05, 3.63) is 53.6 Å². The Morgan fingerprint density at radius 2 is 1.85 bits per heavy atom. The van der Waals surface area contributed by atoms with Gasteiger partial charge in [0.05, 0.1) is 11.3 Å². The van der Waals surface area contributed by atoms with Gasteiger partial charge in [-0.05, 0) is 29.8 Å². The molecule has 10 heteroatoms. The zero-order valence-electron chi connectivity index (χ0n) is 14.0. The van der Waals surface area contributed by atoms with Crippen LogP contribution in [-0.4, -0.2) is 37.1 Å². The first-order chi connectivity index (χ1) is 12.6. The van der Waals surface area contributed by atoms with Gasteiger partial charge < -0.3 is 10.1 Å². The standard InChI is InChI=1S/C17H15F2NO6S/c1-10(21)26-16-5-2-11(13-4-3-12(18)9-15(13)19)8-14(16)17(22)20-6-7-27(23,24)25/h2-5,8-9H,6-7H2,1H3,(H,20,22)(H,23,24,25). The van der Waals surface area contributed by atoms with Gasteiger partial charge in [-0.15, -0.1) is 0 Å². The third-order valence-electron chi connectivity index (χ3n) is 3.37. The average molecular weight is 399 g/mol. The van der Waals surface area contributed by atoms with Gasteiger partial charge in [0, 0.05) is 25.1 Å². The van der Waals surface area contributed by atoms with Gasteiger partial charge in [-0.25, -0.2) is 8.78 Å². The molecule has 0 aliphatic heterocycles. The molecule has 1 amide bonds. The SMILES string of the molecule is CC(=O)Oc1ccc(-c2ccc(F)cc2F)cc1C(=O)NCCS(=O)(=O)O. The molecular formula is C17H15F2NO6S. The highest BCUT2D eigenvalue weighted by Crippen LogP contribution is 2.29. The summed E-state index contributed by atoms with van der Waals surface area (Å²) in [5.74, 6) is -3.97.